The first-order valence-electron chi connectivity index (χ1n) is 9.96. The van der Waals surface area contributed by atoms with Gasteiger partial charge in [-0.05, 0) is 30.3 Å². The van der Waals surface area contributed by atoms with Crippen LogP contribution < -0.4 is 19.5 Å². The van der Waals surface area contributed by atoms with E-state index in [1.807, 2.05) is 4.90 Å². The Bertz CT molecular complexity index is 1020. The second-order valence-corrected chi connectivity index (χ2v) is 7.32. The van der Waals surface area contributed by atoms with Crippen LogP contribution in [0.3, 0.4) is 0 Å². The van der Waals surface area contributed by atoms with E-state index in [2.05, 4.69) is 5.32 Å². The fourth-order valence-corrected chi connectivity index (χ4v) is 3.81. The third-order valence-electron chi connectivity index (χ3n) is 5.48. The fraction of sp³-hybridized carbons (Fsp3) is 0.333. The molecule has 1 atom stereocenters. The molecule has 0 aliphatic carbocycles. The van der Waals surface area contributed by atoms with Crippen molar-refractivity contribution in [2.24, 2.45) is 0 Å². The number of nitrogens with one attached hydrogen (secondary N) is 1. The summed E-state index contributed by atoms with van der Waals surface area (Å²) in [6, 6.07) is 8.59. The SMILES string of the molecule is COc1ccc(NC(=O)[C@H](c2cc3c(cc2[N+](=O)[O-])OCO3)N2CCN(C=O)CC2)cc1. The highest BCUT2D eigenvalue weighted by atomic mass is 16.7. The molecule has 0 unspecified atom stereocenters. The highest BCUT2D eigenvalue weighted by molar-refractivity contribution is 5.96. The topological polar surface area (TPSA) is 123 Å². The van der Waals surface area contributed by atoms with Crippen molar-refractivity contribution in [3.63, 3.8) is 0 Å². The van der Waals surface area contributed by atoms with Crippen molar-refractivity contribution in [3.8, 4) is 17.2 Å². The number of hydrogen-bond donors (Lipinski definition) is 1. The summed E-state index contributed by atoms with van der Waals surface area (Å²) < 4.78 is 15.8. The van der Waals surface area contributed by atoms with Crippen LogP contribution >= 0.6 is 0 Å². The number of rotatable bonds is 7. The minimum Gasteiger partial charge on any atom is -0.497 e. The van der Waals surface area contributed by atoms with Crippen molar-refractivity contribution in [1.82, 2.24) is 9.80 Å². The van der Waals surface area contributed by atoms with Crippen LogP contribution in [0.1, 0.15) is 11.6 Å². The number of nitro benzene ring substituents is 1. The van der Waals surface area contributed by atoms with E-state index in [1.165, 1.54) is 12.1 Å². The van der Waals surface area contributed by atoms with Crippen LogP contribution in [0.25, 0.3) is 0 Å². The van der Waals surface area contributed by atoms with Gasteiger partial charge in [0.2, 0.25) is 19.1 Å². The molecular weight excluding hydrogens is 420 g/mol. The molecule has 11 heteroatoms. The second-order valence-electron chi connectivity index (χ2n) is 7.32. The predicted octanol–water partition coefficient (Wildman–Crippen LogP) is 1.79. The van der Waals surface area contributed by atoms with Gasteiger partial charge in [-0.25, -0.2) is 0 Å². The zero-order valence-electron chi connectivity index (χ0n) is 17.4. The van der Waals surface area contributed by atoms with Crippen LogP contribution in [0.15, 0.2) is 36.4 Å². The molecule has 11 nitrogen and oxygen atoms in total. The number of piperazine rings is 1. The monoisotopic (exact) mass is 442 g/mol. The molecule has 0 aromatic heterocycles. The van der Waals surface area contributed by atoms with Crippen LogP contribution in [0.2, 0.25) is 0 Å². The number of anilines is 1. The number of hydrogen-bond acceptors (Lipinski definition) is 8. The summed E-state index contributed by atoms with van der Waals surface area (Å²) >= 11 is 0. The highest BCUT2D eigenvalue weighted by Crippen LogP contribution is 2.42. The van der Waals surface area contributed by atoms with E-state index in [1.54, 1.807) is 36.3 Å². The Hall–Kier alpha value is -3.86. The van der Waals surface area contributed by atoms with Gasteiger partial charge in [-0.1, -0.05) is 0 Å². The number of benzene rings is 2. The summed E-state index contributed by atoms with van der Waals surface area (Å²) in [5.41, 5.74) is 0.488. The molecule has 4 rings (SSSR count). The van der Waals surface area contributed by atoms with Crippen molar-refractivity contribution >= 4 is 23.7 Å². The summed E-state index contributed by atoms with van der Waals surface area (Å²) in [6.07, 6.45) is 0.757. The molecule has 1 fully saturated rings. The Morgan fingerprint density at radius 3 is 2.41 bits per heavy atom. The van der Waals surface area contributed by atoms with E-state index in [4.69, 9.17) is 14.2 Å². The molecule has 2 amide bonds. The smallest absolute Gasteiger partial charge is 0.278 e. The number of carbonyl (C=O) groups excluding carboxylic acids is 2. The molecule has 2 aliphatic rings. The molecule has 32 heavy (non-hydrogen) atoms. The van der Waals surface area contributed by atoms with E-state index in [0.29, 0.717) is 43.4 Å². The Kier molecular flexibility index (Phi) is 6.08. The van der Waals surface area contributed by atoms with Crippen LogP contribution in [0.5, 0.6) is 17.2 Å². The summed E-state index contributed by atoms with van der Waals surface area (Å²) in [5.74, 6) is 0.813. The summed E-state index contributed by atoms with van der Waals surface area (Å²) in [5, 5.41) is 14.7. The first-order chi connectivity index (χ1) is 15.5. The highest BCUT2D eigenvalue weighted by Gasteiger charge is 2.37. The molecule has 1 saturated heterocycles. The number of methoxy groups -OCH3 is 1. The minimum absolute atomic E-state index is 0.0450. The maximum atomic E-state index is 13.4. The van der Waals surface area contributed by atoms with Crippen molar-refractivity contribution in [3.05, 3.63) is 52.1 Å². The largest absolute Gasteiger partial charge is 0.497 e. The van der Waals surface area contributed by atoms with Gasteiger partial charge in [-0.15, -0.1) is 0 Å². The Labute approximate surface area is 183 Å². The zero-order valence-corrected chi connectivity index (χ0v) is 17.4. The van der Waals surface area contributed by atoms with Gasteiger partial charge >= 0.3 is 0 Å². The van der Waals surface area contributed by atoms with E-state index in [-0.39, 0.29) is 23.8 Å². The molecular formula is C21H22N4O7. The van der Waals surface area contributed by atoms with Gasteiger partial charge in [-0.3, -0.25) is 24.6 Å². The predicted molar refractivity (Wildman–Crippen MR) is 113 cm³/mol. The Morgan fingerprint density at radius 2 is 1.81 bits per heavy atom. The summed E-state index contributed by atoms with van der Waals surface area (Å²) in [7, 11) is 1.54. The number of amides is 2. The summed E-state index contributed by atoms with van der Waals surface area (Å²) in [4.78, 5) is 39.3. The van der Waals surface area contributed by atoms with Crippen molar-refractivity contribution in [1.29, 1.82) is 0 Å². The van der Waals surface area contributed by atoms with Gasteiger partial charge in [0, 0.05) is 31.9 Å². The molecule has 1 N–H and O–H groups in total. The molecule has 168 valence electrons. The molecule has 0 spiro atoms. The van der Waals surface area contributed by atoms with Gasteiger partial charge in [0.1, 0.15) is 11.8 Å². The normalized spacial score (nSPS) is 16.3. The lowest BCUT2D eigenvalue weighted by molar-refractivity contribution is -0.386. The third-order valence-corrected chi connectivity index (χ3v) is 5.48. The number of nitrogens with zero attached hydrogens (tertiary/aromatic N) is 3. The molecule has 0 radical (unpaired) electrons. The zero-order chi connectivity index (χ0) is 22.7. The molecule has 2 aliphatic heterocycles. The second kappa shape index (κ2) is 9.10. The van der Waals surface area contributed by atoms with Gasteiger partial charge in [0.05, 0.1) is 23.7 Å². The first kappa shape index (κ1) is 21.4. The molecule has 2 heterocycles. The average molecular weight is 442 g/mol. The molecule has 2 aromatic rings. The first-order valence-corrected chi connectivity index (χ1v) is 9.96. The van der Waals surface area contributed by atoms with Crippen molar-refractivity contribution in [2.75, 3.05) is 45.4 Å². The molecule has 0 saturated carbocycles. The maximum Gasteiger partial charge on any atom is 0.278 e. The lowest BCUT2D eigenvalue weighted by Gasteiger charge is -2.37. The van der Waals surface area contributed by atoms with Gasteiger partial charge in [0.15, 0.2) is 11.5 Å². The average Bonchev–Trinajstić information content (AvgIpc) is 3.27. The van der Waals surface area contributed by atoms with Gasteiger partial charge in [-0.2, -0.15) is 0 Å². The quantitative estimate of drug-likeness (QED) is 0.391. The van der Waals surface area contributed by atoms with Crippen LogP contribution in [0.4, 0.5) is 11.4 Å². The fourth-order valence-electron chi connectivity index (χ4n) is 3.81. The van der Waals surface area contributed by atoms with Crippen molar-refractivity contribution < 1.29 is 28.7 Å². The van der Waals surface area contributed by atoms with Crippen LogP contribution in [-0.4, -0.2) is 67.1 Å². The minimum atomic E-state index is -0.971. The van der Waals surface area contributed by atoms with Crippen LogP contribution in [0, 0.1) is 10.1 Å². The number of carbonyl (C=O) groups is 2. The Balaban J connectivity index is 1.70. The van der Waals surface area contributed by atoms with E-state index in [0.717, 1.165) is 6.41 Å². The van der Waals surface area contributed by atoms with E-state index >= 15 is 0 Å². The maximum absolute atomic E-state index is 13.4. The molecule has 2 aromatic carbocycles. The van der Waals surface area contributed by atoms with Crippen molar-refractivity contribution in [2.45, 2.75) is 6.04 Å². The molecule has 0 bridgehead atoms. The lowest BCUT2D eigenvalue weighted by atomic mass is 10.00. The number of nitro groups is 1. The van der Waals surface area contributed by atoms with E-state index < -0.39 is 16.9 Å². The van der Waals surface area contributed by atoms with Gasteiger partial charge in [0.25, 0.3) is 5.69 Å². The summed E-state index contributed by atoms with van der Waals surface area (Å²) in [6.45, 7) is 1.54. The van der Waals surface area contributed by atoms with Gasteiger partial charge < -0.3 is 24.4 Å². The number of ether oxygens (including phenoxy) is 3. The number of fused-ring (bicyclic) bond motifs is 1. The standard InChI is InChI=1S/C21H22N4O7/c1-30-15-4-2-14(3-5-15)22-21(27)20(24-8-6-23(12-26)7-9-24)16-10-18-19(32-13-31-18)11-17(16)25(28)29/h2-5,10-12,20H,6-9,13H2,1H3,(H,22,27)/t20-/m0/s1. The lowest BCUT2D eigenvalue weighted by Crippen LogP contribution is -2.49. The Morgan fingerprint density at radius 1 is 1.16 bits per heavy atom. The van der Waals surface area contributed by atoms with Crippen LogP contribution in [-0.2, 0) is 9.59 Å². The third kappa shape index (κ3) is 4.28. The van der Waals surface area contributed by atoms with E-state index in [9.17, 15) is 19.7 Å².